The van der Waals surface area contributed by atoms with Gasteiger partial charge >= 0.3 is 0 Å². The number of rotatable bonds is 28. The van der Waals surface area contributed by atoms with Gasteiger partial charge in [-0.2, -0.15) is 0 Å². The summed E-state index contributed by atoms with van der Waals surface area (Å²) in [6, 6.07) is 49.6. The highest BCUT2D eigenvalue weighted by molar-refractivity contribution is 6.30. The molecule has 4 aromatic carbocycles. The zero-order chi connectivity index (χ0) is 89.0. The third-order valence-corrected chi connectivity index (χ3v) is 25.2. The SMILES string of the molecule is CCC(C)c1cnc2c(NCCc3c[nH]c4ccccc34)cc(-c3cncc(C)c3)cn12.CCC(C)c1cnc2c(NCCc3c[nH]c4ccccc34)cc(-c3cncc(Cl)c3)cn12.CCC(C)c1cnc2c(NCCc3c[nH]c4ccccc34)cc(-c3cncc(F)c3)cn12.[C-]#[N+]c1cncc(-c2cc(NCCc3c[nH]c4ccccc34)c3ncc(C(C)CC)n3c2)c1. The van der Waals surface area contributed by atoms with Gasteiger partial charge in [0.2, 0.25) is 5.69 Å². The fraction of sp³-hybridized carbons (Fsp3) is 0.236. The number of fused-ring (bicyclic) bond motifs is 8. The van der Waals surface area contributed by atoms with Crippen molar-refractivity contribution in [2.24, 2.45) is 0 Å². The lowest BCUT2D eigenvalue weighted by atomic mass is 10.1. The third-order valence-electron chi connectivity index (χ3n) is 25.0. The zero-order valence-electron chi connectivity index (χ0n) is 74.3. The van der Waals surface area contributed by atoms with E-state index in [0.717, 1.165) is 190 Å². The van der Waals surface area contributed by atoms with Crippen LogP contribution < -0.4 is 21.3 Å². The Balaban J connectivity index is 0.000000121. The first-order chi connectivity index (χ1) is 63.1. The zero-order valence-corrected chi connectivity index (χ0v) is 75.0. The summed E-state index contributed by atoms with van der Waals surface area (Å²) in [4.78, 5) is 53.0. The van der Waals surface area contributed by atoms with E-state index in [1.54, 1.807) is 18.6 Å². The van der Waals surface area contributed by atoms with E-state index < -0.39 is 0 Å². The summed E-state index contributed by atoms with van der Waals surface area (Å²) in [7, 11) is 0. The summed E-state index contributed by atoms with van der Waals surface area (Å²) in [5.74, 6) is 1.27. The molecule has 650 valence electrons. The number of pyridine rings is 8. The van der Waals surface area contributed by atoms with Crippen molar-refractivity contribution in [1.82, 2.24) is 77.4 Å². The Kier molecular flexibility index (Phi) is 26.4. The van der Waals surface area contributed by atoms with E-state index in [2.05, 4.69) is 298 Å². The summed E-state index contributed by atoms with van der Waals surface area (Å²) in [5.41, 5.74) is 31.9. The number of hydrogen-bond acceptors (Lipinski definition) is 12. The molecule has 21 nitrogen and oxygen atoms in total. The Morgan fingerprint density at radius 1 is 0.357 bits per heavy atom. The van der Waals surface area contributed by atoms with Crippen LogP contribution in [0.25, 0.3) is 116 Å². The quantitative estimate of drug-likeness (QED) is 0.0214. The van der Waals surface area contributed by atoms with Crippen LogP contribution in [0.2, 0.25) is 5.02 Å². The second-order valence-electron chi connectivity index (χ2n) is 33.5. The van der Waals surface area contributed by atoms with Crippen LogP contribution in [0.4, 0.5) is 32.8 Å². The van der Waals surface area contributed by atoms with Gasteiger partial charge in [-0.15, -0.1) is 0 Å². The Labute approximate surface area is 755 Å². The largest absolute Gasteiger partial charge is 0.382 e. The van der Waals surface area contributed by atoms with E-state index in [1.807, 2.05) is 86.1 Å². The van der Waals surface area contributed by atoms with Crippen molar-refractivity contribution >= 4 is 106 Å². The second kappa shape index (κ2) is 39.5. The van der Waals surface area contributed by atoms with Crippen molar-refractivity contribution in [3.05, 3.63) is 342 Å². The minimum atomic E-state index is -0.343. The summed E-state index contributed by atoms with van der Waals surface area (Å²) in [5, 5.41) is 20.2. The molecule has 0 aliphatic carbocycles. The molecular weight excluding hydrogens is 1620 g/mol. The number of nitrogens with one attached hydrogen (secondary N) is 8. The molecule has 0 aliphatic rings. The number of halogens is 2. The molecule has 20 rings (SSSR count). The highest BCUT2D eigenvalue weighted by Crippen LogP contribution is 2.37. The number of anilines is 4. The van der Waals surface area contributed by atoms with Crippen molar-refractivity contribution in [2.75, 3.05) is 47.4 Å². The molecule has 0 spiro atoms. The smallest absolute Gasteiger partial charge is 0.205 e. The molecule has 0 saturated carbocycles. The van der Waals surface area contributed by atoms with Gasteiger partial charge in [-0.05, 0) is 188 Å². The molecule has 16 heterocycles. The number of aryl methyl sites for hydroxylation is 1. The van der Waals surface area contributed by atoms with Crippen LogP contribution in [0.3, 0.4) is 0 Å². The van der Waals surface area contributed by atoms with Crippen molar-refractivity contribution in [3.8, 4) is 44.5 Å². The van der Waals surface area contributed by atoms with Crippen LogP contribution in [0.15, 0.2) is 270 Å². The van der Waals surface area contributed by atoms with E-state index in [4.69, 9.17) is 38.1 Å². The number of imidazole rings is 4. The summed E-state index contributed by atoms with van der Waals surface area (Å²) in [6.45, 7) is 30.3. The minimum absolute atomic E-state index is 0.343. The predicted molar refractivity (Wildman–Crippen MR) is 526 cm³/mol. The first kappa shape index (κ1) is 86.4. The van der Waals surface area contributed by atoms with Crippen LogP contribution in [0, 0.1) is 19.3 Å². The van der Waals surface area contributed by atoms with E-state index in [0.29, 0.717) is 34.4 Å². The predicted octanol–water partition coefficient (Wildman–Crippen LogP) is 25.8. The van der Waals surface area contributed by atoms with Gasteiger partial charge in [-0.25, -0.2) is 29.2 Å². The highest BCUT2D eigenvalue weighted by Gasteiger charge is 2.22. The fourth-order valence-corrected chi connectivity index (χ4v) is 17.2. The molecule has 8 N–H and O–H groups in total. The topological polar surface area (TPSA) is 236 Å². The number of aromatic nitrogens is 16. The minimum Gasteiger partial charge on any atom is -0.382 e. The summed E-state index contributed by atoms with van der Waals surface area (Å²) in [6.07, 6.45) is 46.3. The Hall–Kier alpha value is -14.7. The van der Waals surface area contributed by atoms with Crippen molar-refractivity contribution in [1.29, 1.82) is 0 Å². The van der Waals surface area contributed by atoms with E-state index in [9.17, 15) is 4.39 Å². The molecule has 20 aromatic rings. The first-order valence-electron chi connectivity index (χ1n) is 44.7. The van der Waals surface area contributed by atoms with Crippen LogP contribution in [-0.2, 0) is 25.7 Å². The molecule has 0 bridgehead atoms. The molecule has 0 aliphatic heterocycles. The number of para-hydroxylation sites is 4. The third kappa shape index (κ3) is 19.1. The number of hydrogen-bond donors (Lipinski definition) is 8. The lowest BCUT2D eigenvalue weighted by Gasteiger charge is -2.14. The van der Waals surface area contributed by atoms with E-state index >= 15 is 0 Å². The highest BCUT2D eigenvalue weighted by atomic mass is 35.5. The summed E-state index contributed by atoms with van der Waals surface area (Å²) >= 11 is 6.22. The van der Waals surface area contributed by atoms with Gasteiger partial charge in [-0.3, -0.25) is 19.9 Å². The van der Waals surface area contributed by atoms with Crippen molar-refractivity contribution in [2.45, 2.75) is 137 Å². The standard InChI is InChI=1S/C27H26N6.C27H29N5.C26H26ClN5.C26H26FN5/c1-4-18(2)26-16-32-27-25(30-10-9-19-14-31-24-8-6-5-7-23(19)24)12-21(17-33(26)27)20-11-22(28-3)15-29-13-20;1-4-19(3)26-16-31-27-25(12-22(17-32(26)27)21-11-18(2)13-28-14-21)29-10-9-20-15-30-24-8-6-5-7-23(20)24;2*1-3-17(2)25-15-31-26-24(11-20(16-32(25)26)19-10-21(27)14-28-12-19)29-9-8-18-13-30-23-7-5-4-6-22(18)23/h5-8,11-18,30-31H,4,9-10H2,1-2H3;5-8,11-17,19,29-30H,4,9-10H2,1-3H3;2*4-7,10-17,29-30H,3,8-9H2,1-2H3. The monoisotopic (exact) mass is 1730 g/mol. The van der Waals surface area contributed by atoms with E-state index in [1.165, 1.54) is 84.2 Å². The number of benzene rings is 4. The molecule has 16 aromatic heterocycles. The van der Waals surface area contributed by atoms with Crippen LogP contribution in [-0.4, -0.2) is 104 Å². The van der Waals surface area contributed by atoms with Crippen LogP contribution >= 0.6 is 11.6 Å². The second-order valence-corrected chi connectivity index (χ2v) is 34.0. The molecule has 0 amide bonds. The maximum absolute atomic E-state index is 13.9. The number of aromatic amines is 4. The molecule has 0 fully saturated rings. The lowest BCUT2D eigenvalue weighted by Crippen LogP contribution is -2.07. The Morgan fingerprint density at radius 3 is 0.961 bits per heavy atom. The average molecular weight is 1730 g/mol. The fourth-order valence-electron chi connectivity index (χ4n) is 17.0. The van der Waals surface area contributed by atoms with Gasteiger partial charge in [0.05, 0.1) is 40.5 Å². The lowest BCUT2D eigenvalue weighted by molar-refractivity contribution is 0.622. The number of nitrogens with zero attached hydrogens (tertiary/aromatic N) is 13. The molecule has 129 heavy (non-hydrogen) atoms. The molecule has 0 saturated heterocycles. The molecule has 4 atom stereocenters. The van der Waals surface area contributed by atoms with E-state index in [-0.39, 0.29) is 5.82 Å². The van der Waals surface area contributed by atoms with Gasteiger partial charge in [0.1, 0.15) is 5.82 Å². The van der Waals surface area contributed by atoms with Crippen molar-refractivity contribution < 1.29 is 4.39 Å². The van der Waals surface area contributed by atoms with Gasteiger partial charge in [-0.1, -0.05) is 140 Å². The normalized spacial score (nSPS) is 12.4. The Morgan fingerprint density at radius 2 is 0.651 bits per heavy atom. The first-order valence-corrected chi connectivity index (χ1v) is 45.1. The molecule has 0 radical (unpaired) electrons. The molecule has 4 unspecified atom stereocenters. The maximum atomic E-state index is 13.9. The van der Waals surface area contributed by atoms with Gasteiger partial charge in [0.25, 0.3) is 0 Å². The van der Waals surface area contributed by atoms with Gasteiger partial charge < -0.3 is 58.8 Å². The molecular formula is C106H107ClFN21. The van der Waals surface area contributed by atoms with Gasteiger partial charge in [0.15, 0.2) is 22.6 Å². The average Bonchev–Trinajstić information content (AvgIpc) is 1.66. The summed E-state index contributed by atoms with van der Waals surface area (Å²) < 4.78 is 22.6. The van der Waals surface area contributed by atoms with Crippen molar-refractivity contribution in [3.63, 3.8) is 0 Å². The molecule has 23 heteroatoms. The van der Waals surface area contributed by atoms with Crippen LogP contribution in [0.5, 0.6) is 0 Å². The number of H-pyrrole nitrogens is 4. The van der Waals surface area contributed by atoms with Crippen LogP contribution in [0.1, 0.15) is 155 Å². The Bertz CT molecular complexity index is 6840. The maximum Gasteiger partial charge on any atom is 0.205 e. The van der Waals surface area contributed by atoms with Gasteiger partial charge in [0, 0.05) is 249 Å².